The fraction of sp³-hybridized carbons (Fsp3) is 0.375. The zero-order valence-corrected chi connectivity index (χ0v) is 23.9. The molecule has 3 aliphatic heterocycles. The van der Waals surface area contributed by atoms with Crippen LogP contribution in [-0.2, 0) is 15.0 Å². The van der Waals surface area contributed by atoms with Crippen LogP contribution in [0, 0.1) is 12.7 Å². The number of anilines is 1. The van der Waals surface area contributed by atoms with Crippen LogP contribution in [0.2, 0.25) is 10.0 Å². The van der Waals surface area contributed by atoms with E-state index >= 15 is 0 Å². The zero-order valence-electron chi connectivity index (χ0n) is 22.4. The Morgan fingerprint density at radius 3 is 2.52 bits per heavy atom. The Balaban J connectivity index is 1.56. The number of hydrogen-bond donors (Lipinski definition) is 1. The van der Waals surface area contributed by atoms with Gasteiger partial charge in [-0.15, -0.1) is 0 Å². The van der Waals surface area contributed by atoms with Gasteiger partial charge in [-0.3, -0.25) is 9.59 Å². The summed E-state index contributed by atoms with van der Waals surface area (Å²) in [4.78, 5) is 32.8. The summed E-state index contributed by atoms with van der Waals surface area (Å²) in [5.74, 6) is -1.20. The molecule has 0 radical (unpaired) electrons. The van der Waals surface area contributed by atoms with Crippen molar-refractivity contribution in [2.45, 2.75) is 50.0 Å². The van der Waals surface area contributed by atoms with Gasteiger partial charge in [0.2, 0.25) is 11.8 Å². The molecule has 5 nitrogen and oxygen atoms in total. The third-order valence-corrected chi connectivity index (χ3v) is 9.37. The van der Waals surface area contributed by atoms with E-state index < -0.39 is 23.2 Å². The molecule has 3 aromatic carbocycles. The van der Waals surface area contributed by atoms with Crippen molar-refractivity contribution in [2.24, 2.45) is 0 Å². The third kappa shape index (κ3) is 4.60. The van der Waals surface area contributed by atoms with E-state index in [0.29, 0.717) is 27.8 Å². The number of likely N-dealkylation sites (tertiary alicyclic amines) is 2. The molecule has 208 valence electrons. The maximum Gasteiger partial charge on any atom is 0.238 e. The molecule has 1 spiro atoms. The first-order valence-electron chi connectivity index (χ1n) is 13.9. The lowest BCUT2D eigenvalue weighted by Gasteiger charge is -2.52. The van der Waals surface area contributed by atoms with Crippen molar-refractivity contribution in [2.75, 3.05) is 31.5 Å². The van der Waals surface area contributed by atoms with Crippen molar-refractivity contribution in [3.05, 3.63) is 98.8 Å². The lowest BCUT2D eigenvalue weighted by molar-refractivity contribution is -0.145. The highest BCUT2D eigenvalue weighted by Gasteiger charge is 2.63. The third-order valence-electron chi connectivity index (χ3n) is 8.90. The number of aryl methyl sites for hydroxylation is 1. The van der Waals surface area contributed by atoms with Crippen LogP contribution in [0.15, 0.2) is 60.7 Å². The summed E-state index contributed by atoms with van der Waals surface area (Å²) >= 11 is 12.8. The van der Waals surface area contributed by atoms with E-state index in [1.165, 1.54) is 25.0 Å². The Kier molecular flexibility index (Phi) is 7.36. The summed E-state index contributed by atoms with van der Waals surface area (Å²) in [7, 11) is 0. The standard InChI is InChI=1S/C32H32Cl2FN3O2/c1-20-8-10-24(35)18-25(20)30-32(26-11-9-23(34)17-28(26)36-31(32)40)27(21-6-4-7-22(33)16-21)19-29(39)38(30)15-5-14-37-12-2-3-13-37/h4,6-11,16-18,27,30H,2-3,5,12-15,19H2,1H3,(H,36,40). The van der Waals surface area contributed by atoms with E-state index in [2.05, 4.69) is 10.2 Å². The minimum Gasteiger partial charge on any atom is -0.334 e. The highest BCUT2D eigenvalue weighted by Crippen LogP contribution is 2.60. The molecule has 40 heavy (non-hydrogen) atoms. The molecule has 0 bridgehead atoms. The summed E-state index contributed by atoms with van der Waals surface area (Å²) in [5, 5.41) is 4.12. The minimum absolute atomic E-state index is 0.0547. The van der Waals surface area contributed by atoms with Crippen LogP contribution >= 0.6 is 23.2 Å². The van der Waals surface area contributed by atoms with Crippen molar-refractivity contribution in [3.63, 3.8) is 0 Å². The fourth-order valence-electron chi connectivity index (χ4n) is 7.13. The van der Waals surface area contributed by atoms with Crippen molar-refractivity contribution in [1.82, 2.24) is 9.80 Å². The predicted octanol–water partition coefficient (Wildman–Crippen LogP) is 6.87. The van der Waals surface area contributed by atoms with E-state index in [4.69, 9.17) is 23.2 Å². The molecule has 3 unspecified atom stereocenters. The van der Waals surface area contributed by atoms with Gasteiger partial charge in [0, 0.05) is 34.6 Å². The van der Waals surface area contributed by atoms with E-state index in [0.717, 1.165) is 42.7 Å². The largest absolute Gasteiger partial charge is 0.334 e. The quantitative estimate of drug-likeness (QED) is 0.346. The first-order valence-corrected chi connectivity index (χ1v) is 14.7. The Labute approximate surface area is 244 Å². The monoisotopic (exact) mass is 579 g/mol. The molecular formula is C32H32Cl2FN3O2. The van der Waals surface area contributed by atoms with Crippen LogP contribution in [0.4, 0.5) is 10.1 Å². The molecule has 1 N–H and O–H groups in total. The predicted molar refractivity (Wildman–Crippen MR) is 156 cm³/mol. The van der Waals surface area contributed by atoms with Gasteiger partial charge in [-0.2, -0.15) is 0 Å². The highest BCUT2D eigenvalue weighted by molar-refractivity contribution is 6.31. The Morgan fingerprint density at radius 2 is 1.75 bits per heavy atom. The molecule has 3 aromatic rings. The molecule has 6 rings (SSSR count). The molecule has 3 aliphatic rings. The summed E-state index contributed by atoms with van der Waals surface area (Å²) in [6.45, 7) is 5.39. The van der Waals surface area contributed by atoms with Gasteiger partial charge in [-0.1, -0.05) is 47.5 Å². The molecule has 3 atom stereocenters. The van der Waals surface area contributed by atoms with Crippen molar-refractivity contribution >= 4 is 40.7 Å². The number of fused-ring (bicyclic) bond motifs is 2. The molecule has 0 aliphatic carbocycles. The molecule has 0 aromatic heterocycles. The van der Waals surface area contributed by atoms with E-state index in [-0.39, 0.29) is 18.2 Å². The van der Waals surface area contributed by atoms with E-state index in [1.54, 1.807) is 24.3 Å². The van der Waals surface area contributed by atoms with Gasteiger partial charge in [-0.25, -0.2) is 4.39 Å². The Hall–Kier alpha value is -2.93. The summed E-state index contributed by atoms with van der Waals surface area (Å²) in [5.41, 5.74) is 2.43. The second-order valence-corrected chi connectivity index (χ2v) is 12.1. The molecule has 8 heteroatoms. The number of carbonyl (C=O) groups excluding carboxylic acids is 2. The van der Waals surface area contributed by atoms with Gasteiger partial charge in [0.25, 0.3) is 0 Å². The lowest BCUT2D eigenvalue weighted by Crippen LogP contribution is -2.58. The first kappa shape index (κ1) is 27.3. The van der Waals surface area contributed by atoms with Gasteiger partial charge in [0.05, 0.1) is 6.04 Å². The van der Waals surface area contributed by atoms with Gasteiger partial charge < -0.3 is 15.1 Å². The Bertz CT molecular complexity index is 1470. The number of benzene rings is 3. The SMILES string of the molecule is Cc1ccc(F)cc1C1N(CCCN2CCCC2)C(=O)CC(c2cccc(Cl)c2)C12C(=O)Nc1cc(Cl)ccc12. The van der Waals surface area contributed by atoms with Crippen LogP contribution < -0.4 is 5.32 Å². The summed E-state index contributed by atoms with van der Waals surface area (Å²) < 4.78 is 14.9. The second kappa shape index (κ2) is 10.8. The molecule has 2 amide bonds. The van der Waals surface area contributed by atoms with Gasteiger partial charge >= 0.3 is 0 Å². The topological polar surface area (TPSA) is 52.7 Å². The average molecular weight is 581 g/mol. The van der Waals surface area contributed by atoms with Crippen LogP contribution in [0.25, 0.3) is 0 Å². The molecule has 0 saturated carbocycles. The maximum atomic E-state index is 14.9. The van der Waals surface area contributed by atoms with E-state index in [9.17, 15) is 14.0 Å². The normalized spacial score (nSPS) is 24.6. The number of piperidine rings is 1. The smallest absolute Gasteiger partial charge is 0.238 e. The number of halogens is 3. The molecule has 2 saturated heterocycles. The summed E-state index contributed by atoms with van der Waals surface area (Å²) in [6.07, 6.45) is 3.28. The fourth-order valence-corrected chi connectivity index (χ4v) is 7.50. The highest BCUT2D eigenvalue weighted by atomic mass is 35.5. The molecular weight excluding hydrogens is 548 g/mol. The number of amides is 2. The van der Waals surface area contributed by atoms with Gasteiger partial charge in [-0.05, 0) is 104 Å². The number of carbonyl (C=O) groups is 2. The van der Waals surface area contributed by atoms with Gasteiger partial charge in [0.1, 0.15) is 11.2 Å². The molecule has 2 fully saturated rings. The van der Waals surface area contributed by atoms with Crippen molar-refractivity contribution in [1.29, 1.82) is 0 Å². The molecule has 3 heterocycles. The number of nitrogens with one attached hydrogen (secondary N) is 1. The average Bonchev–Trinajstić information content (AvgIpc) is 3.53. The van der Waals surface area contributed by atoms with Crippen molar-refractivity contribution in [3.8, 4) is 0 Å². The van der Waals surface area contributed by atoms with Gasteiger partial charge in [0.15, 0.2) is 0 Å². The Morgan fingerprint density at radius 1 is 0.975 bits per heavy atom. The van der Waals surface area contributed by atoms with Crippen LogP contribution in [-0.4, -0.2) is 47.8 Å². The van der Waals surface area contributed by atoms with Crippen LogP contribution in [0.1, 0.15) is 59.9 Å². The van der Waals surface area contributed by atoms with Crippen LogP contribution in [0.5, 0.6) is 0 Å². The second-order valence-electron chi connectivity index (χ2n) is 11.2. The first-order chi connectivity index (χ1) is 19.3. The minimum atomic E-state index is -1.22. The number of rotatable bonds is 6. The lowest BCUT2D eigenvalue weighted by atomic mass is 9.58. The zero-order chi connectivity index (χ0) is 28.0. The van der Waals surface area contributed by atoms with Crippen LogP contribution in [0.3, 0.4) is 0 Å². The number of nitrogens with zero attached hydrogens (tertiary/aromatic N) is 2. The van der Waals surface area contributed by atoms with Crippen molar-refractivity contribution < 1.29 is 14.0 Å². The van der Waals surface area contributed by atoms with E-state index in [1.807, 2.05) is 36.1 Å². The number of hydrogen-bond acceptors (Lipinski definition) is 3. The maximum absolute atomic E-state index is 14.9. The summed E-state index contributed by atoms with van der Waals surface area (Å²) in [6, 6.07) is 16.7.